The van der Waals surface area contributed by atoms with Gasteiger partial charge in [-0.3, -0.25) is 0 Å². The van der Waals surface area contributed by atoms with Crippen LogP contribution in [0.25, 0.3) is 0 Å². The number of nitrogens with one attached hydrogen (secondary N) is 1. The van der Waals surface area contributed by atoms with E-state index >= 15 is 0 Å². The van der Waals surface area contributed by atoms with Crippen molar-refractivity contribution in [3.05, 3.63) is 42.5 Å². The molecule has 2 heteroatoms. The quantitative estimate of drug-likeness (QED) is 0.689. The second-order valence-corrected chi connectivity index (χ2v) is 3.04. The Hall–Kier alpha value is -1.28. The molecule has 0 radical (unpaired) electrons. The van der Waals surface area contributed by atoms with Gasteiger partial charge >= 0.3 is 0 Å². The van der Waals surface area contributed by atoms with Crippen molar-refractivity contribution in [1.82, 2.24) is 0 Å². The molecule has 0 aliphatic carbocycles. The predicted octanol–water partition coefficient (Wildman–Crippen LogP) is 1.95. The van der Waals surface area contributed by atoms with Gasteiger partial charge in [0, 0.05) is 5.69 Å². The third kappa shape index (κ3) is 2.92. The number of hydrogen-bond acceptors (Lipinski definition) is 2. The van der Waals surface area contributed by atoms with E-state index in [0.717, 1.165) is 5.69 Å². The number of aliphatic hydroxyl groups is 1. The molecule has 1 rings (SSSR count). The minimum absolute atomic E-state index is 0.0669. The molecule has 2 N–H and O–H groups in total. The monoisotopic (exact) mass is 177 g/mol. The molecule has 1 atom stereocenters. The molecule has 1 aromatic carbocycles. The van der Waals surface area contributed by atoms with Crippen LogP contribution in [0.3, 0.4) is 0 Å². The lowest BCUT2D eigenvalue weighted by molar-refractivity contribution is 0.291. The van der Waals surface area contributed by atoms with Gasteiger partial charge in [-0.15, -0.1) is 6.58 Å². The Morgan fingerprint density at radius 2 is 2.38 bits per heavy atom. The number of aliphatic hydroxyl groups excluding tert-OH is 1. The van der Waals surface area contributed by atoms with Gasteiger partial charge in [-0.1, -0.05) is 18.2 Å². The van der Waals surface area contributed by atoms with Crippen LogP contribution in [0.1, 0.15) is 5.56 Å². The molecular formula is C11H15NO. The highest BCUT2D eigenvalue weighted by atomic mass is 16.3. The summed E-state index contributed by atoms with van der Waals surface area (Å²) in [6.07, 6.45) is 1.70. The highest BCUT2D eigenvalue weighted by Crippen LogP contribution is 2.10. The predicted molar refractivity (Wildman–Crippen MR) is 55.9 cm³/mol. The highest BCUT2D eigenvalue weighted by molar-refractivity contribution is 5.46. The van der Waals surface area contributed by atoms with Crippen LogP contribution in [-0.4, -0.2) is 17.8 Å². The van der Waals surface area contributed by atoms with Crippen LogP contribution in [0.4, 0.5) is 5.69 Å². The molecule has 1 unspecified atom stereocenters. The largest absolute Gasteiger partial charge is 0.394 e. The van der Waals surface area contributed by atoms with E-state index < -0.39 is 0 Å². The molecule has 0 amide bonds. The minimum Gasteiger partial charge on any atom is -0.394 e. The Balaban J connectivity index is 2.67. The number of rotatable bonds is 4. The van der Waals surface area contributed by atoms with Gasteiger partial charge < -0.3 is 10.4 Å². The molecule has 0 aromatic heterocycles. The summed E-state index contributed by atoms with van der Waals surface area (Å²) in [5.41, 5.74) is 2.21. The van der Waals surface area contributed by atoms with E-state index in [0.29, 0.717) is 0 Å². The smallest absolute Gasteiger partial charge is 0.0673 e. The van der Waals surface area contributed by atoms with Crippen LogP contribution < -0.4 is 5.32 Å². The first kappa shape index (κ1) is 9.81. The van der Waals surface area contributed by atoms with E-state index in [-0.39, 0.29) is 12.6 Å². The number of anilines is 1. The second-order valence-electron chi connectivity index (χ2n) is 3.04. The minimum atomic E-state index is -0.0678. The molecule has 0 spiro atoms. The highest BCUT2D eigenvalue weighted by Gasteiger charge is 2.00. The normalized spacial score (nSPS) is 12.2. The number of benzene rings is 1. The molecule has 1 aromatic rings. The van der Waals surface area contributed by atoms with Gasteiger partial charge in [-0.2, -0.15) is 0 Å². The van der Waals surface area contributed by atoms with Crippen molar-refractivity contribution in [1.29, 1.82) is 0 Å². The molecule has 70 valence electrons. The fourth-order valence-electron chi connectivity index (χ4n) is 1.13. The van der Waals surface area contributed by atoms with Crippen molar-refractivity contribution >= 4 is 5.69 Å². The van der Waals surface area contributed by atoms with Crippen molar-refractivity contribution in [3.63, 3.8) is 0 Å². The van der Waals surface area contributed by atoms with E-state index in [1.807, 2.05) is 31.2 Å². The average Bonchev–Trinajstić information content (AvgIpc) is 2.14. The zero-order valence-corrected chi connectivity index (χ0v) is 7.83. The van der Waals surface area contributed by atoms with Crippen molar-refractivity contribution in [2.45, 2.75) is 13.0 Å². The van der Waals surface area contributed by atoms with E-state index in [2.05, 4.69) is 11.9 Å². The van der Waals surface area contributed by atoms with E-state index in [1.54, 1.807) is 6.08 Å². The molecular weight excluding hydrogens is 162 g/mol. The molecule has 0 aliphatic rings. The summed E-state index contributed by atoms with van der Waals surface area (Å²) >= 11 is 0. The van der Waals surface area contributed by atoms with Crippen molar-refractivity contribution in [2.24, 2.45) is 0 Å². The van der Waals surface area contributed by atoms with Crippen LogP contribution in [0.2, 0.25) is 0 Å². The first-order valence-corrected chi connectivity index (χ1v) is 4.33. The van der Waals surface area contributed by atoms with Gasteiger partial charge in [-0.05, 0) is 24.6 Å². The third-order valence-electron chi connectivity index (χ3n) is 1.85. The molecule has 0 saturated heterocycles. The fraction of sp³-hybridized carbons (Fsp3) is 0.273. The second kappa shape index (κ2) is 4.67. The molecule has 0 saturated carbocycles. The number of aryl methyl sites for hydroxylation is 1. The van der Waals surface area contributed by atoms with Gasteiger partial charge in [0.25, 0.3) is 0 Å². The van der Waals surface area contributed by atoms with Crippen LogP contribution in [0.15, 0.2) is 36.9 Å². The standard InChI is InChI=1S/C11H15NO/c1-3-10(8-13)12-11-6-4-5-9(2)7-11/h3-7,10,12-13H,1,8H2,2H3. The summed E-state index contributed by atoms with van der Waals surface area (Å²) in [5.74, 6) is 0. The average molecular weight is 177 g/mol. The third-order valence-corrected chi connectivity index (χ3v) is 1.85. The van der Waals surface area contributed by atoms with Gasteiger partial charge in [0.15, 0.2) is 0 Å². The zero-order valence-electron chi connectivity index (χ0n) is 7.83. The molecule has 0 aliphatic heterocycles. The molecule has 2 nitrogen and oxygen atoms in total. The molecule has 0 heterocycles. The maximum Gasteiger partial charge on any atom is 0.0673 e. The van der Waals surface area contributed by atoms with Crippen LogP contribution in [0, 0.1) is 6.92 Å². The lowest BCUT2D eigenvalue weighted by Crippen LogP contribution is -2.20. The first-order chi connectivity index (χ1) is 6.26. The van der Waals surface area contributed by atoms with Crippen molar-refractivity contribution in [3.8, 4) is 0 Å². The van der Waals surface area contributed by atoms with Gasteiger partial charge in [0.1, 0.15) is 0 Å². The number of hydrogen-bond donors (Lipinski definition) is 2. The Kier molecular flexibility index (Phi) is 3.53. The molecule has 0 fully saturated rings. The van der Waals surface area contributed by atoms with Crippen LogP contribution in [-0.2, 0) is 0 Å². The zero-order chi connectivity index (χ0) is 9.68. The Morgan fingerprint density at radius 3 is 2.92 bits per heavy atom. The Morgan fingerprint density at radius 1 is 1.62 bits per heavy atom. The first-order valence-electron chi connectivity index (χ1n) is 4.33. The molecule has 0 bridgehead atoms. The topological polar surface area (TPSA) is 32.3 Å². The van der Waals surface area contributed by atoms with Crippen molar-refractivity contribution < 1.29 is 5.11 Å². The summed E-state index contributed by atoms with van der Waals surface area (Å²) in [5, 5.41) is 12.1. The van der Waals surface area contributed by atoms with Gasteiger partial charge in [0.2, 0.25) is 0 Å². The SMILES string of the molecule is C=CC(CO)Nc1cccc(C)c1. The van der Waals surface area contributed by atoms with E-state index in [1.165, 1.54) is 5.56 Å². The van der Waals surface area contributed by atoms with Gasteiger partial charge in [-0.25, -0.2) is 0 Å². The summed E-state index contributed by atoms with van der Waals surface area (Å²) in [6.45, 7) is 5.73. The Labute approximate surface area is 78.9 Å². The molecule has 13 heavy (non-hydrogen) atoms. The lowest BCUT2D eigenvalue weighted by Gasteiger charge is -2.13. The van der Waals surface area contributed by atoms with Crippen LogP contribution in [0.5, 0.6) is 0 Å². The van der Waals surface area contributed by atoms with Gasteiger partial charge in [0.05, 0.1) is 12.6 Å². The Bertz CT molecular complexity index is 283. The van der Waals surface area contributed by atoms with E-state index in [9.17, 15) is 0 Å². The summed E-state index contributed by atoms with van der Waals surface area (Å²) in [4.78, 5) is 0. The van der Waals surface area contributed by atoms with Crippen molar-refractivity contribution in [2.75, 3.05) is 11.9 Å². The van der Waals surface area contributed by atoms with E-state index in [4.69, 9.17) is 5.11 Å². The summed E-state index contributed by atoms with van der Waals surface area (Å²) in [6, 6.07) is 7.95. The van der Waals surface area contributed by atoms with Crippen LogP contribution >= 0.6 is 0 Å². The maximum absolute atomic E-state index is 8.92. The fourth-order valence-corrected chi connectivity index (χ4v) is 1.13. The summed E-state index contributed by atoms with van der Waals surface area (Å²) < 4.78 is 0. The summed E-state index contributed by atoms with van der Waals surface area (Å²) in [7, 11) is 0. The lowest BCUT2D eigenvalue weighted by atomic mass is 10.2. The maximum atomic E-state index is 8.92.